The Morgan fingerprint density at radius 1 is 1.14 bits per heavy atom. The number of likely N-dealkylation sites (N-methyl/N-ethyl adjacent to an activating group) is 1. The van der Waals surface area contributed by atoms with Gasteiger partial charge in [0.05, 0.1) is 11.3 Å². The van der Waals surface area contributed by atoms with E-state index in [2.05, 4.69) is 21.3 Å². The SMILES string of the molecule is CC.CNC(/C=C\N(C)c1ccnc(C)c1/C=C(\C)CN1CCC(c2ccc(C(=O)N(C)C)cc2C(F)(F)F)CC1)=C/C=O. The number of nitrogens with zero attached hydrogens (tertiary/aromatic N) is 4. The van der Waals surface area contributed by atoms with Crippen LogP contribution in [-0.2, 0) is 11.0 Å². The fourth-order valence-electron chi connectivity index (χ4n) is 5.21. The summed E-state index contributed by atoms with van der Waals surface area (Å²) >= 11 is 0. The number of halogens is 3. The predicted molar refractivity (Wildman–Crippen MR) is 173 cm³/mol. The molecule has 2 aromatic rings. The molecular weight excluding hydrogens is 567 g/mol. The molecule has 0 bridgehead atoms. The maximum Gasteiger partial charge on any atom is 0.416 e. The van der Waals surface area contributed by atoms with E-state index >= 15 is 0 Å². The van der Waals surface area contributed by atoms with Gasteiger partial charge >= 0.3 is 6.18 Å². The van der Waals surface area contributed by atoms with Gasteiger partial charge < -0.3 is 15.1 Å². The van der Waals surface area contributed by atoms with Crippen molar-refractivity contribution in [3.8, 4) is 0 Å². The number of piperidine rings is 1. The summed E-state index contributed by atoms with van der Waals surface area (Å²) in [6, 6.07) is 5.91. The molecule has 7 nitrogen and oxygen atoms in total. The van der Waals surface area contributed by atoms with E-state index in [1.807, 2.05) is 58.0 Å². The molecular formula is C34H46F3N5O2. The summed E-state index contributed by atoms with van der Waals surface area (Å²) in [5, 5.41) is 2.96. The van der Waals surface area contributed by atoms with E-state index in [1.165, 1.54) is 37.2 Å². The lowest BCUT2D eigenvalue weighted by molar-refractivity contribution is -0.138. The normalized spacial score (nSPS) is 15.1. The quantitative estimate of drug-likeness (QED) is 0.183. The molecule has 1 N–H and O–H groups in total. The van der Waals surface area contributed by atoms with Crippen molar-refractivity contribution in [2.24, 2.45) is 0 Å². The highest BCUT2D eigenvalue weighted by Gasteiger charge is 2.37. The molecule has 0 unspecified atom stereocenters. The van der Waals surface area contributed by atoms with Crippen LogP contribution in [0.2, 0.25) is 0 Å². The Labute approximate surface area is 260 Å². The lowest BCUT2D eigenvalue weighted by Crippen LogP contribution is -2.34. The first-order valence-corrected chi connectivity index (χ1v) is 14.9. The van der Waals surface area contributed by atoms with Crippen molar-refractivity contribution in [1.82, 2.24) is 20.1 Å². The highest BCUT2D eigenvalue weighted by Crippen LogP contribution is 2.39. The number of hydrogen-bond acceptors (Lipinski definition) is 6. The molecule has 0 saturated carbocycles. The van der Waals surface area contributed by atoms with E-state index < -0.39 is 17.6 Å². The molecule has 2 heterocycles. The topological polar surface area (TPSA) is 68.8 Å². The molecule has 1 amide bonds. The van der Waals surface area contributed by atoms with E-state index in [4.69, 9.17) is 0 Å². The number of alkyl halides is 3. The average Bonchev–Trinajstić information content (AvgIpc) is 3.00. The second-order valence-corrected chi connectivity index (χ2v) is 10.8. The number of carbonyl (C=O) groups excluding carboxylic acids is 2. The Hall–Kier alpha value is -3.92. The number of anilines is 1. The Morgan fingerprint density at radius 3 is 2.36 bits per heavy atom. The van der Waals surface area contributed by atoms with Crippen molar-refractivity contribution in [3.63, 3.8) is 0 Å². The molecule has 1 saturated heterocycles. The lowest BCUT2D eigenvalue weighted by atomic mass is 9.85. The molecule has 1 aromatic carbocycles. The van der Waals surface area contributed by atoms with E-state index in [0.29, 0.717) is 38.2 Å². The summed E-state index contributed by atoms with van der Waals surface area (Å²) in [6.07, 6.45) is 6.39. The summed E-state index contributed by atoms with van der Waals surface area (Å²) in [4.78, 5) is 33.1. The molecule has 10 heteroatoms. The zero-order valence-corrected chi connectivity index (χ0v) is 27.1. The van der Waals surface area contributed by atoms with Crippen molar-refractivity contribution in [2.75, 3.05) is 52.7 Å². The number of allylic oxidation sites excluding steroid dienone is 2. The minimum Gasteiger partial charge on any atom is -0.388 e. The molecule has 1 aliphatic heterocycles. The smallest absolute Gasteiger partial charge is 0.388 e. The highest BCUT2D eigenvalue weighted by molar-refractivity contribution is 5.94. The number of likely N-dealkylation sites (tertiary alicyclic amines) is 1. The van der Waals surface area contributed by atoms with Crippen LogP contribution in [0.4, 0.5) is 18.9 Å². The third-order valence-corrected chi connectivity index (χ3v) is 7.46. The van der Waals surface area contributed by atoms with Crippen molar-refractivity contribution in [3.05, 3.63) is 88.0 Å². The molecule has 0 radical (unpaired) electrons. The fourth-order valence-corrected chi connectivity index (χ4v) is 5.21. The van der Waals surface area contributed by atoms with Crippen LogP contribution in [0.15, 0.2) is 60.1 Å². The average molecular weight is 614 g/mol. The van der Waals surface area contributed by atoms with Gasteiger partial charge in [0.2, 0.25) is 0 Å². The minimum absolute atomic E-state index is 0.0420. The van der Waals surface area contributed by atoms with Crippen molar-refractivity contribution in [2.45, 2.75) is 52.6 Å². The van der Waals surface area contributed by atoms with E-state index in [0.717, 1.165) is 34.9 Å². The number of aldehydes is 1. The third kappa shape index (κ3) is 9.80. The van der Waals surface area contributed by atoms with Crippen LogP contribution in [0.25, 0.3) is 6.08 Å². The van der Waals surface area contributed by atoms with Crippen LogP contribution in [0.5, 0.6) is 0 Å². The minimum atomic E-state index is -4.53. The predicted octanol–water partition coefficient (Wildman–Crippen LogP) is 6.67. The number of aromatic nitrogens is 1. The molecule has 0 spiro atoms. The van der Waals surface area contributed by atoms with Gasteiger partial charge in [0.25, 0.3) is 5.91 Å². The zero-order valence-electron chi connectivity index (χ0n) is 27.1. The summed E-state index contributed by atoms with van der Waals surface area (Å²) in [5.74, 6) is -0.676. The molecule has 1 fully saturated rings. The van der Waals surface area contributed by atoms with Gasteiger partial charge in [-0.25, -0.2) is 0 Å². The van der Waals surface area contributed by atoms with Crippen LogP contribution < -0.4 is 10.2 Å². The molecule has 240 valence electrons. The molecule has 3 rings (SSSR count). The lowest BCUT2D eigenvalue weighted by Gasteiger charge is -2.33. The Bertz CT molecular complexity index is 1360. The highest BCUT2D eigenvalue weighted by atomic mass is 19.4. The van der Waals surface area contributed by atoms with Crippen LogP contribution in [0.3, 0.4) is 0 Å². The summed E-state index contributed by atoms with van der Waals surface area (Å²) in [5.41, 5.74) is 4.19. The Balaban J connectivity index is 0.00000330. The van der Waals surface area contributed by atoms with Crippen LogP contribution in [0, 0.1) is 6.92 Å². The van der Waals surface area contributed by atoms with Crippen molar-refractivity contribution in [1.29, 1.82) is 0 Å². The first-order chi connectivity index (χ1) is 20.8. The van der Waals surface area contributed by atoms with Gasteiger partial charge in [-0.3, -0.25) is 19.5 Å². The first-order valence-electron chi connectivity index (χ1n) is 14.9. The Morgan fingerprint density at radius 2 is 1.80 bits per heavy atom. The van der Waals surface area contributed by atoms with Gasteiger partial charge in [-0.1, -0.05) is 31.6 Å². The van der Waals surface area contributed by atoms with Gasteiger partial charge in [0, 0.05) is 75.7 Å². The van der Waals surface area contributed by atoms with Crippen molar-refractivity contribution < 1.29 is 22.8 Å². The standard InChI is InChI=1S/C32H40F3N5O2.C2H6/c1-22(19-28-23(2)37-14-9-30(28)39(6)15-12-26(36-3)13-18-41)21-40-16-10-24(11-17-40)27-8-7-25(31(42)38(4)5)20-29(27)32(33,34)35;1-2/h7-9,12-15,18-20,24,36H,10-11,16-17,21H2,1-6H3;1-2H3/b15-12-,22-19+,26-13+;. The largest absolute Gasteiger partial charge is 0.416 e. The van der Waals surface area contributed by atoms with Gasteiger partial charge in [0.15, 0.2) is 0 Å². The van der Waals surface area contributed by atoms with Crippen molar-refractivity contribution >= 4 is 24.0 Å². The molecule has 1 aliphatic rings. The first kappa shape index (κ1) is 36.3. The third-order valence-electron chi connectivity index (χ3n) is 7.46. The summed E-state index contributed by atoms with van der Waals surface area (Å²) in [7, 11) is 6.72. The second kappa shape index (κ2) is 16.8. The number of benzene rings is 1. The number of hydrogen-bond donors (Lipinski definition) is 1. The molecule has 0 aliphatic carbocycles. The number of nitrogens with one attached hydrogen (secondary N) is 1. The maximum absolute atomic E-state index is 14.0. The number of amides is 1. The van der Waals surface area contributed by atoms with Gasteiger partial charge in [-0.15, -0.1) is 0 Å². The van der Waals surface area contributed by atoms with Gasteiger partial charge in [-0.05, 0) is 75.5 Å². The van der Waals surface area contributed by atoms with Crippen LogP contribution in [-0.4, -0.2) is 74.8 Å². The fraction of sp³-hybridized carbons (Fsp3) is 0.441. The Kier molecular flexibility index (Phi) is 13.8. The summed E-state index contributed by atoms with van der Waals surface area (Å²) in [6.45, 7) is 10.0. The zero-order chi connectivity index (χ0) is 33.0. The van der Waals surface area contributed by atoms with Gasteiger partial charge in [-0.2, -0.15) is 13.2 Å². The second-order valence-electron chi connectivity index (χ2n) is 10.8. The summed E-state index contributed by atoms with van der Waals surface area (Å²) < 4.78 is 42.0. The molecule has 44 heavy (non-hydrogen) atoms. The van der Waals surface area contributed by atoms with E-state index in [-0.39, 0.29) is 17.0 Å². The van der Waals surface area contributed by atoms with Crippen LogP contribution >= 0.6 is 0 Å². The molecule has 0 atom stereocenters. The number of aryl methyl sites for hydroxylation is 1. The maximum atomic E-state index is 14.0. The van der Waals surface area contributed by atoms with E-state index in [1.54, 1.807) is 13.2 Å². The number of rotatable bonds is 10. The number of carbonyl (C=O) groups is 2. The van der Waals surface area contributed by atoms with E-state index in [9.17, 15) is 22.8 Å². The monoisotopic (exact) mass is 613 g/mol. The number of pyridine rings is 1. The van der Waals surface area contributed by atoms with Gasteiger partial charge in [0.1, 0.15) is 6.29 Å². The molecule has 1 aromatic heterocycles. The van der Waals surface area contributed by atoms with Crippen LogP contribution in [0.1, 0.15) is 72.3 Å².